The molecule has 0 amide bonds. The third-order valence-electron chi connectivity index (χ3n) is 3.25. The summed E-state index contributed by atoms with van der Waals surface area (Å²) in [6, 6.07) is -0.711. The average Bonchev–Trinajstić information content (AvgIpc) is 2.94. The summed E-state index contributed by atoms with van der Waals surface area (Å²) in [5.74, 6) is -0.836. The van der Waals surface area contributed by atoms with Crippen LogP contribution in [0, 0.1) is 0 Å². The molecule has 2 heterocycles. The summed E-state index contributed by atoms with van der Waals surface area (Å²) in [4.78, 5) is 35.2. The Bertz CT molecular complexity index is 734. The second-order valence-corrected chi connectivity index (χ2v) is 5.31. The number of fused-ring (bicyclic) bond motifs is 1. The number of aromatic nitrogens is 4. The fourth-order valence-electron chi connectivity index (χ4n) is 2.16. The maximum atomic E-state index is 12.1. The number of nitrogens with zero attached hydrogens (tertiary/aromatic N) is 4. The van der Waals surface area contributed by atoms with E-state index in [4.69, 9.17) is 27.9 Å². The molecule has 0 saturated carbocycles. The van der Waals surface area contributed by atoms with Crippen LogP contribution in [0.15, 0.2) is 6.33 Å². The number of hydrogen-bond donors (Lipinski definition) is 0. The van der Waals surface area contributed by atoms with Crippen LogP contribution in [-0.2, 0) is 19.1 Å². The highest BCUT2D eigenvalue weighted by molar-refractivity contribution is 6.35. The first-order chi connectivity index (χ1) is 11.0. The molecule has 1 unspecified atom stereocenters. The van der Waals surface area contributed by atoms with Gasteiger partial charge in [0.2, 0.25) is 5.28 Å². The normalized spacial score (nSPS) is 12.2. The smallest absolute Gasteiger partial charge is 0.328 e. The monoisotopic (exact) mass is 360 g/mol. The number of rotatable bonds is 6. The largest absolute Gasteiger partial charge is 0.469 e. The van der Waals surface area contributed by atoms with E-state index in [1.54, 1.807) is 0 Å². The van der Waals surface area contributed by atoms with Gasteiger partial charge in [0.25, 0.3) is 0 Å². The Hall–Kier alpha value is -1.93. The molecule has 0 aliphatic rings. The lowest BCUT2D eigenvalue weighted by atomic mass is 10.1. The molecule has 0 radical (unpaired) electrons. The van der Waals surface area contributed by atoms with Crippen LogP contribution in [0.4, 0.5) is 0 Å². The highest BCUT2D eigenvalue weighted by Gasteiger charge is 2.25. The van der Waals surface area contributed by atoms with Gasteiger partial charge in [0.05, 0.1) is 20.5 Å². The predicted octanol–water partition coefficient (Wildman–Crippen LogP) is 2.19. The predicted molar refractivity (Wildman–Crippen MR) is 82.3 cm³/mol. The zero-order valence-electron chi connectivity index (χ0n) is 12.5. The van der Waals surface area contributed by atoms with E-state index in [1.165, 1.54) is 25.1 Å². The van der Waals surface area contributed by atoms with E-state index in [-0.39, 0.29) is 28.5 Å². The zero-order valence-corrected chi connectivity index (χ0v) is 14.0. The molecule has 0 bridgehead atoms. The number of halogens is 2. The lowest BCUT2D eigenvalue weighted by Crippen LogP contribution is -2.21. The molecule has 8 nitrogen and oxygen atoms in total. The molecule has 0 saturated heterocycles. The first kappa shape index (κ1) is 17.4. The molecule has 10 heteroatoms. The fourth-order valence-corrected chi connectivity index (χ4v) is 2.63. The van der Waals surface area contributed by atoms with Gasteiger partial charge in [0.1, 0.15) is 11.6 Å². The number of methoxy groups -OCH3 is 2. The van der Waals surface area contributed by atoms with Crippen molar-refractivity contribution < 1.29 is 19.1 Å². The topological polar surface area (TPSA) is 96.2 Å². The molecule has 1 atom stereocenters. The van der Waals surface area contributed by atoms with Crippen molar-refractivity contribution >= 4 is 46.3 Å². The minimum atomic E-state index is -0.711. The van der Waals surface area contributed by atoms with Crippen LogP contribution in [0.2, 0.25) is 10.4 Å². The van der Waals surface area contributed by atoms with Crippen molar-refractivity contribution in [3.8, 4) is 0 Å². The summed E-state index contributed by atoms with van der Waals surface area (Å²) in [5, 5.41) is 0.0485. The Morgan fingerprint density at radius 3 is 2.65 bits per heavy atom. The van der Waals surface area contributed by atoms with Gasteiger partial charge >= 0.3 is 11.9 Å². The molecule has 2 aromatic rings. The standard InChI is InChI=1S/C13H14Cl2N4O4/c1-22-8(20)5-3-4-7(12(21)23-2)19-6-16-11-9(19)10(14)17-13(15)18-11/h6-7H,3-5H2,1-2H3. The summed E-state index contributed by atoms with van der Waals surface area (Å²) in [6.45, 7) is 0. The zero-order chi connectivity index (χ0) is 17.0. The Kier molecular flexibility index (Phi) is 5.73. The molecule has 0 aliphatic heterocycles. The Labute approximate surface area is 141 Å². The Morgan fingerprint density at radius 2 is 2.00 bits per heavy atom. The molecule has 0 aliphatic carbocycles. The maximum absolute atomic E-state index is 12.1. The summed E-state index contributed by atoms with van der Waals surface area (Å²) < 4.78 is 10.9. The SMILES string of the molecule is COC(=O)CCCC(C(=O)OC)n1cnc2nc(Cl)nc(Cl)c21. The van der Waals surface area contributed by atoms with Crippen molar-refractivity contribution in [2.45, 2.75) is 25.3 Å². The van der Waals surface area contributed by atoms with Gasteiger partial charge in [-0.1, -0.05) is 11.6 Å². The second kappa shape index (κ2) is 7.56. The lowest BCUT2D eigenvalue weighted by Gasteiger charge is -2.17. The number of esters is 2. The lowest BCUT2D eigenvalue weighted by molar-refractivity contribution is -0.145. The molecular formula is C13H14Cl2N4O4. The van der Waals surface area contributed by atoms with Gasteiger partial charge in [-0.3, -0.25) is 4.79 Å². The maximum Gasteiger partial charge on any atom is 0.328 e. The highest BCUT2D eigenvalue weighted by atomic mass is 35.5. The molecule has 0 spiro atoms. The third kappa shape index (κ3) is 3.89. The Balaban J connectivity index is 2.32. The molecule has 0 N–H and O–H groups in total. The second-order valence-electron chi connectivity index (χ2n) is 4.61. The molecule has 23 heavy (non-hydrogen) atoms. The van der Waals surface area contributed by atoms with E-state index in [0.717, 1.165) is 0 Å². The molecule has 2 aromatic heterocycles. The van der Waals surface area contributed by atoms with Crippen LogP contribution >= 0.6 is 23.2 Å². The number of hydrogen-bond acceptors (Lipinski definition) is 7. The molecule has 2 rings (SSSR count). The van der Waals surface area contributed by atoms with Gasteiger partial charge in [-0.05, 0) is 24.4 Å². The van der Waals surface area contributed by atoms with Crippen molar-refractivity contribution in [1.82, 2.24) is 19.5 Å². The van der Waals surface area contributed by atoms with E-state index in [9.17, 15) is 9.59 Å². The van der Waals surface area contributed by atoms with E-state index in [0.29, 0.717) is 18.4 Å². The number of carbonyl (C=O) groups excluding carboxylic acids is 2. The molecular weight excluding hydrogens is 347 g/mol. The highest BCUT2D eigenvalue weighted by Crippen LogP contribution is 2.27. The van der Waals surface area contributed by atoms with Crippen LogP contribution in [0.3, 0.4) is 0 Å². The Morgan fingerprint density at radius 1 is 1.26 bits per heavy atom. The summed E-state index contributed by atoms with van der Waals surface area (Å²) in [5.41, 5.74) is 0.654. The van der Waals surface area contributed by atoms with Gasteiger partial charge < -0.3 is 14.0 Å². The first-order valence-electron chi connectivity index (χ1n) is 6.68. The minimum absolute atomic E-state index is 0.0342. The van der Waals surface area contributed by atoms with E-state index < -0.39 is 12.0 Å². The van der Waals surface area contributed by atoms with Crippen LogP contribution in [0.5, 0.6) is 0 Å². The minimum Gasteiger partial charge on any atom is -0.469 e. The average molecular weight is 361 g/mol. The number of ether oxygens (including phenoxy) is 2. The molecule has 124 valence electrons. The van der Waals surface area contributed by atoms with Crippen molar-refractivity contribution in [2.75, 3.05) is 14.2 Å². The summed E-state index contributed by atoms with van der Waals surface area (Å²) in [6.07, 6.45) is 2.37. The van der Waals surface area contributed by atoms with Crippen molar-refractivity contribution in [3.05, 3.63) is 16.8 Å². The van der Waals surface area contributed by atoms with Crippen LogP contribution in [0.25, 0.3) is 11.2 Å². The van der Waals surface area contributed by atoms with Crippen molar-refractivity contribution in [3.63, 3.8) is 0 Å². The molecule has 0 fully saturated rings. The quantitative estimate of drug-likeness (QED) is 0.442. The van der Waals surface area contributed by atoms with Crippen molar-refractivity contribution in [2.24, 2.45) is 0 Å². The third-order valence-corrected chi connectivity index (χ3v) is 3.69. The van der Waals surface area contributed by atoms with Crippen LogP contribution in [-0.4, -0.2) is 45.7 Å². The first-order valence-corrected chi connectivity index (χ1v) is 7.43. The fraction of sp³-hybridized carbons (Fsp3) is 0.462. The number of imidazole rings is 1. The van der Waals surface area contributed by atoms with Crippen LogP contribution in [0.1, 0.15) is 25.3 Å². The van der Waals surface area contributed by atoms with Crippen LogP contribution < -0.4 is 0 Å². The summed E-state index contributed by atoms with van der Waals surface area (Å²) in [7, 11) is 2.59. The van der Waals surface area contributed by atoms with Gasteiger partial charge in [0, 0.05) is 6.42 Å². The van der Waals surface area contributed by atoms with Gasteiger partial charge in [0.15, 0.2) is 10.8 Å². The number of carbonyl (C=O) groups is 2. The van der Waals surface area contributed by atoms with Crippen molar-refractivity contribution in [1.29, 1.82) is 0 Å². The van der Waals surface area contributed by atoms with E-state index in [1.807, 2.05) is 0 Å². The van der Waals surface area contributed by atoms with Gasteiger partial charge in [-0.2, -0.15) is 4.98 Å². The summed E-state index contributed by atoms with van der Waals surface area (Å²) >= 11 is 11.8. The van der Waals surface area contributed by atoms with Gasteiger partial charge in [-0.25, -0.2) is 14.8 Å². The van der Waals surface area contributed by atoms with E-state index in [2.05, 4.69) is 19.7 Å². The van der Waals surface area contributed by atoms with Gasteiger partial charge in [-0.15, -0.1) is 0 Å². The molecule has 0 aromatic carbocycles. The van der Waals surface area contributed by atoms with E-state index >= 15 is 0 Å².